The first-order chi connectivity index (χ1) is 8.58. The molecule has 0 aromatic carbocycles. The third-order valence-electron chi connectivity index (χ3n) is 2.42. The van der Waals surface area contributed by atoms with Crippen LogP contribution in [0.2, 0.25) is 0 Å². The Kier molecular flexibility index (Phi) is 3.47. The lowest BCUT2D eigenvalue weighted by Crippen LogP contribution is -2.15. The van der Waals surface area contributed by atoms with Gasteiger partial charge in [0.1, 0.15) is 10.6 Å². The van der Waals surface area contributed by atoms with Crippen LogP contribution in [0, 0.1) is 0 Å². The lowest BCUT2D eigenvalue weighted by Gasteiger charge is -2.03. The molecule has 0 bridgehead atoms. The number of carbonyl (C=O) groups excluding carboxylic acids is 1. The van der Waals surface area contributed by atoms with Crippen LogP contribution < -0.4 is 16.8 Å². The molecule has 0 spiro atoms. The highest BCUT2D eigenvalue weighted by Crippen LogP contribution is 2.25. The Balaban J connectivity index is 1.96. The van der Waals surface area contributed by atoms with Crippen LogP contribution in [0.4, 0.5) is 10.8 Å². The highest BCUT2D eigenvalue weighted by atomic mass is 32.1. The summed E-state index contributed by atoms with van der Waals surface area (Å²) in [6.07, 6.45) is 4.54. The Bertz CT molecular complexity index is 560. The number of carbonyl (C=O) groups is 1. The zero-order valence-corrected chi connectivity index (χ0v) is 10.7. The van der Waals surface area contributed by atoms with E-state index in [-0.39, 0.29) is 11.4 Å². The Morgan fingerprint density at radius 2 is 2.39 bits per heavy atom. The molecule has 0 fully saturated rings. The summed E-state index contributed by atoms with van der Waals surface area (Å²) in [6, 6.07) is 0. The number of rotatable bonds is 5. The summed E-state index contributed by atoms with van der Waals surface area (Å²) in [5.74, 6) is -0.387. The fourth-order valence-electron chi connectivity index (χ4n) is 1.58. The van der Waals surface area contributed by atoms with Crippen molar-refractivity contribution in [2.45, 2.75) is 6.42 Å². The number of anilines is 2. The maximum atomic E-state index is 11.2. The number of primary amides is 1. The van der Waals surface area contributed by atoms with Crippen LogP contribution in [0.1, 0.15) is 15.9 Å². The van der Waals surface area contributed by atoms with Crippen molar-refractivity contribution >= 4 is 28.3 Å². The normalized spacial score (nSPS) is 10.5. The van der Waals surface area contributed by atoms with Gasteiger partial charge in [-0.15, -0.1) is 0 Å². The molecule has 5 N–H and O–H groups in total. The Hall–Kier alpha value is -2.09. The molecule has 8 heteroatoms. The van der Waals surface area contributed by atoms with Gasteiger partial charge in [0.05, 0.1) is 6.20 Å². The van der Waals surface area contributed by atoms with Crippen LogP contribution in [0.3, 0.4) is 0 Å². The fourth-order valence-corrected chi connectivity index (χ4v) is 2.33. The molecule has 7 nitrogen and oxygen atoms in total. The second kappa shape index (κ2) is 5.05. The largest absolute Gasteiger partial charge is 0.382 e. The molecule has 2 rings (SSSR count). The number of nitrogens with zero attached hydrogens (tertiary/aromatic N) is 3. The number of aromatic nitrogens is 3. The number of hydrogen-bond donors (Lipinski definition) is 3. The molecule has 96 valence electrons. The van der Waals surface area contributed by atoms with E-state index < -0.39 is 5.91 Å². The summed E-state index contributed by atoms with van der Waals surface area (Å²) in [5, 5.41) is 7.80. The number of amides is 1. The monoisotopic (exact) mass is 266 g/mol. The van der Waals surface area contributed by atoms with E-state index in [0.717, 1.165) is 23.5 Å². The Labute approximate surface area is 108 Å². The third-order valence-corrected chi connectivity index (χ3v) is 3.24. The zero-order chi connectivity index (χ0) is 13.1. The van der Waals surface area contributed by atoms with Gasteiger partial charge in [0.25, 0.3) is 5.91 Å². The molecule has 0 atom stereocenters. The van der Waals surface area contributed by atoms with Crippen LogP contribution in [-0.4, -0.2) is 26.6 Å². The minimum absolute atomic E-state index is 0.177. The van der Waals surface area contributed by atoms with E-state index in [9.17, 15) is 4.79 Å². The molecule has 0 saturated carbocycles. The van der Waals surface area contributed by atoms with E-state index in [0.29, 0.717) is 11.5 Å². The fraction of sp³-hybridized carbons (Fsp3) is 0.300. The highest BCUT2D eigenvalue weighted by molar-refractivity contribution is 7.11. The minimum Gasteiger partial charge on any atom is -0.382 e. The standard InChI is InChI=1S/C10H14N6OS/c1-16-5-6(4-14-16)2-3-13-10-7(9(12)17)8(11)15-18-10/h4-5,13H,2-3H2,1H3,(H2,11,15)(H2,12,17). The maximum absolute atomic E-state index is 11.2. The molecule has 0 unspecified atom stereocenters. The van der Waals surface area contributed by atoms with Gasteiger partial charge in [-0.3, -0.25) is 9.48 Å². The molecule has 0 aliphatic carbocycles. The topological polar surface area (TPSA) is 112 Å². The van der Waals surface area contributed by atoms with Crippen molar-refractivity contribution in [3.8, 4) is 0 Å². The Morgan fingerprint density at radius 1 is 1.61 bits per heavy atom. The quantitative estimate of drug-likeness (QED) is 0.716. The third kappa shape index (κ3) is 2.59. The first kappa shape index (κ1) is 12.4. The molecule has 0 aliphatic rings. The maximum Gasteiger partial charge on any atom is 0.255 e. The lowest BCUT2D eigenvalue weighted by molar-refractivity contribution is 0.100. The van der Waals surface area contributed by atoms with E-state index in [4.69, 9.17) is 11.5 Å². The lowest BCUT2D eigenvalue weighted by atomic mass is 10.2. The molecule has 0 saturated heterocycles. The first-order valence-corrected chi connectivity index (χ1v) is 6.11. The number of nitrogen functional groups attached to an aromatic ring is 1. The van der Waals surface area contributed by atoms with Crippen LogP contribution in [0.15, 0.2) is 12.4 Å². The van der Waals surface area contributed by atoms with E-state index >= 15 is 0 Å². The van der Waals surface area contributed by atoms with Crippen molar-refractivity contribution in [3.63, 3.8) is 0 Å². The van der Waals surface area contributed by atoms with Gasteiger partial charge in [0.15, 0.2) is 5.82 Å². The smallest absolute Gasteiger partial charge is 0.255 e. The molecular weight excluding hydrogens is 252 g/mol. The van der Waals surface area contributed by atoms with Gasteiger partial charge in [-0.1, -0.05) is 0 Å². The van der Waals surface area contributed by atoms with Gasteiger partial charge in [-0.2, -0.15) is 9.47 Å². The highest BCUT2D eigenvalue weighted by Gasteiger charge is 2.16. The van der Waals surface area contributed by atoms with E-state index in [1.807, 2.05) is 13.2 Å². The van der Waals surface area contributed by atoms with Crippen molar-refractivity contribution < 1.29 is 4.79 Å². The van der Waals surface area contributed by atoms with Gasteiger partial charge in [-0.05, 0) is 23.5 Å². The molecule has 0 aliphatic heterocycles. The molecule has 18 heavy (non-hydrogen) atoms. The average Bonchev–Trinajstić information content (AvgIpc) is 2.86. The average molecular weight is 266 g/mol. The molecule has 2 heterocycles. The van der Waals surface area contributed by atoms with Gasteiger partial charge in [0, 0.05) is 19.8 Å². The van der Waals surface area contributed by atoms with Gasteiger partial charge >= 0.3 is 0 Å². The summed E-state index contributed by atoms with van der Waals surface area (Å²) in [6.45, 7) is 0.660. The van der Waals surface area contributed by atoms with Crippen LogP contribution >= 0.6 is 11.5 Å². The van der Waals surface area contributed by atoms with Crippen LogP contribution in [0.25, 0.3) is 0 Å². The SMILES string of the molecule is Cn1cc(CCNc2snc(N)c2C(N)=O)cn1. The predicted octanol–water partition coefficient (Wildman–Crippen LogP) is 0.212. The minimum atomic E-state index is -0.565. The van der Waals surface area contributed by atoms with E-state index in [1.165, 1.54) is 0 Å². The zero-order valence-electron chi connectivity index (χ0n) is 9.88. The number of nitrogens with one attached hydrogen (secondary N) is 1. The molecule has 1 amide bonds. The molecule has 2 aromatic rings. The van der Waals surface area contributed by atoms with E-state index in [1.54, 1.807) is 10.9 Å². The van der Waals surface area contributed by atoms with Crippen molar-refractivity contribution in [1.29, 1.82) is 0 Å². The summed E-state index contributed by atoms with van der Waals surface area (Å²) < 4.78 is 5.65. The number of aryl methyl sites for hydroxylation is 1. The Morgan fingerprint density at radius 3 is 3.00 bits per heavy atom. The summed E-state index contributed by atoms with van der Waals surface area (Å²) in [5.41, 5.74) is 12.2. The second-order valence-corrected chi connectivity index (χ2v) is 4.61. The van der Waals surface area contributed by atoms with Crippen molar-refractivity contribution in [2.24, 2.45) is 12.8 Å². The first-order valence-electron chi connectivity index (χ1n) is 5.34. The summed E-state index contributed by atoms with van der Waals surface area (Å²) >= 11 is 1.14. The molecule has 2 aromatic heterocycles. The van der Waals surface area contributed by atoms with Crippen molar-refractivity contribution in [1.82, 2.24) is 14.2 Å². The summed E-state index contributed by atoms with van der Waals surface area (Å²) in [7, 11) is 1.87. The van der Waals surface area contributed by atoms with Crippen LogP contribution in [0.5, 0.6) is 0 Å². The number of nitrogens with two attached hydrogens (primary N) is 2. The summed E-state index contributed by atoms with van der Waals surface area (Å²) in [4.78, 5) is 11.2. The molecular formula is C10H14N6OS. The van der Waals surface area contributed by atoms with E-state index in [2.05, 4.69) is 14.8 Å². The van der Waals surface area contributed by atoms with Gasteiger partial charge < -0.3 is 16.8 Å². The van der Waals surface area contributed by atoms with Gasteiger partial charge in [0.2, 0.25) is 0 Å². The van der Waals surface area contributed by atoms with Crippen LogP contribution in [-0.2, 0) is 13.5 Å². The second-order valence-electron chi connectivity index (χ2n) is 3.84. The number of hydrogen-bond acceptors (Lipinski definition) is 6. The molecule has 0 radical (unpaired) electrons. The van der Waals surface area contributed by atoms with Gasteiger partial charge in [-0.25, -0.2) is 0 Å². The van der Waals surface area contributed by atoms with Crippen molar-refractivity contribution in [2.75, 3.05) is 17.6 Å². The van der Waals surface area contributed by atoms with Crippen molar-refractivity contribution in [3.05, 3.63) is 23.5 Å². The predicted molar refractivity (Wildman–Crippen MR) is 70.4 cm³/mol.